The molecule has 0 unspecified atom stereocenters. The van der Waals surface area contributed by atoms with Crippen molar-refractivity contribution >= 4 is 22.6 Å². The Morgan fingerprint density at radius 1 is 1.15 bits per heavy atom. The maximum atomic E-state index is 13.2. The van der Waals surface area contributed by atoms with Gasteiger partial charge in [-0.15, -0.1) is 0 Å². The van der Waals surface area contributed by atoms with Crippen LogP contribution in [0, 0.1) is 5.41 Å². The van der Waals surface area contributed by atoms with E-state index in [2.05, 4.69) is 10.3 Å². The standard InChI is InChI=1S/C24H25N5O4/c1-32-13-5-11-26-23(30)18-14-19-22(27-20-6-3-4-12-28(20)24(19)31)29(21(18)25)15-16-7-9-17(33-2)10-8-16/h3-4,6-10,12,14,25H,5,11,13,15H2,1-2H3,(H,26,30). The summed E-state index contributed by atoms with van der Waals surface area (Å²) in [5, 5.41) is 11.9. The molecule has 0 fully saturated rings. The third-order valence-corrected chi connectivity index (χ3v) is 5.37. The second-order valence-electron chi connectivity index (χ2n) is 7.53. The first-order valence-electron chi connectivity index (χ1n) is 10.5. The second kappa shape index (κ2) is 9.66. The topological polar surface area (TPSA) is 111 Å². The van der Waals surface area contributed by atoms with E-state index < -0.39 is 5.91 Å². The van der Waals surface area contributed by atoms with Gasteiger partial charge < -0.3 is 19.4 Å². The maximum absolute atomic E-state index is 13.2. The maximum Gasteiger partial charge on any atom is 0.267 e. The van der Waals surface area contributed by atoms with Crippen molar-refractivity contribution < 1.29 is 14.3 Å². The predicted octanol–water partition coefficient (Wildman–Crippen LogP) is 1.95. The summed E-state index contributed by atoms with van der Waals surface area (Å²) >= 11 is 0. The Hall–Kier alpha value is -3.98. The normalized spacial score (nSPS) is 11.1. The van der Waals surface area contributed by atoms with Gasteiger partial charge in [-0.05, 0) is 42.3 Å². The lowest BCUT2D eigenvalue weighted by molar-refractivity contribution is 0.0946. The van der Waals surface area contributed by atoms with E-state index in [1.165, 1.54) is 10.5 Å². The van der Waals surface area contributed by atoms with Gasteiger partial charge in [0, 0.05) is 26.5 Å². The van der Waals surface area contributed by atoms with E-state index in [4.69, 9.17) is 14.9 Å². The molecule has 0 radical (unpaired) electrons. The van der Waals surface area contributed by atoms with Crippen molar-refractivity contribution in [2.45, 2.75) is 13.0 Å². The number of ether oxygens (including phenoxy) is 2. The fourth-order valence-electron chi connectivity index (χ4n) is 3.64. The SMILES string of the molecule is COCCCNC(=O)c1cc2c(=O)n3ccccc3nc2n(Cc2ccc(OC)cc2)c1=N. The van der Waals surface area contributed by atoms with E-state index >= 15 is 0 Å². The first kappa shape index (κ1) is 22.2. The van der Waals surface area contributed by atoms with Crippen LogP contribution in [0.15, 0.2) is 59.5 Å². The van der Waals surface area contributed by atoms with Crippen LogP contribution < -0.4 is 21.1 Å². The van der Waals surface area contributed by atoms with Gasteiger partial charge in [-0.25, -0.2) is 4.98 Å². The number of pyridine rings is 2. The Balaban J connectivity index is 1.88. The third kappa shape index (κ3) is 4.49. The molecule has 0 spiro atoms. The average Bonchev–Trinajstić information content (AvgIpc) is 2.84. The molecule has 3 heterocycles. The molecule has 0 saturated carbocycles. The molecule has 0 aliphatic carbocycles. The Labute approximate surface area is 189 Å². The number of nitrogens with one attached hydrogen (secondary N) is 2. The highest BCUT2D eigenvalue weighted by atomic mass is 16.5. The highest BCUT2D eigenvalue weighted by molar-refractivity contribution is 5.96. The molecule has 0 atom stereocenters. The van der Waals surface area contributed by atoms with Crippen LogP contribution in [0.4, 0.5) is 0 Å². The van der Waals surface area contributed by atoms with Crippen LogP contribution in [0.2, 0.25) is 0 Å². The average molecular weight is 447 g/mol. The summed E-state index contributed by atoms with van der Waals surface area (Å²) in [6.07, 6.45) is 2.28. The molecule has 0 bridgehead atoms. The highest BCUT2D eigenvalue weighted by Crippen LogP contribution is 2.15. The number of hydrogen-bond acceptors (Lipinski definition) is 6. The Morgan fingerprint density at radius 3 is 2.67 bits per heavy atom. The number of fused-ring (bicyclic) bond motifs is 2. The quantitative estimate of drug-likeness (QED) is 0.317. The van der Waals surface area contributed by atoms with Gasteiger partial charge in [0.15, 0.2) is 0 Å². The van der Waals surface area contributed by atoms with E-state index in [-0.39, 0.29) is 28.5 Å². The van der Waals surface area contributed by atoms with Gasteiger partial charge >= 0.3 is 0 Å². The minimum Gasteiger partial charge on any atom is -0.497 e. The van der Waals surface area contributed by atoms with E-state index in [9.17, 15) is 9.59 Å². The van der Waals surface area contributed by atoms with Crippen molar-refractivity contribution in [3.05, 3.63) is 81.7 Å². The summed E-state index contributed by atoms with van der Waals surface area (Å²) in [5.41, 5.74) is 1.49. The lowest BCUT2D eigenvalue weighted by Gasteiger charge is -2.15. The highest BCUT2D eigenvalue weighted by Gasteiger charge is 2.17. The number of benzene rings is 1. The van der Waals surface area contributed by atoms with E-state index in [0.717, 1.165) is 5.56 Å². The number of methoxy groups -OCH3 is 2. The minimum absolute atomic E-state index is 0.0188. The zero-order valence-corrected chi connectivity index (χ0v) is 18.5. The molecule has 1 aromatic carbocycles. The summed E-state index contributed by atoms with van der Waals surface area (Å²) in [6, 6.07) is 14.1. The fraction of sp³-hybridized carbons (Fsp3) is 0.250. The number of amides is 1. The van der Waals surface area contributed by atoms with Gasteiger partial charge in [0.1, 0.15) is 22.5 Å². The molecular weight excluding hydrogens is 422 g/mol. The third-order valence-electron chi connectivity index (χ3n) is 5.37. The van der Waals surface area contributed by atoms with E-state index in [0.29, 0.717) is 36.6 Å². The fourth-order valence-corrected chi connectivity index (χ4v) is 3.64. The zero-order valence-electron chi connectivity index (χ0n) is 18.5. The van der Waals surface area contributed by atoms with Gasteiger partial charge in [-0.1, -0.05) is 18.2 Å². The monoisotopic (exact) mass is 447 g/mol. The minimum atomic E-state index is -0.418. The van der Waals surface area contributed by atoms with Gasteiger partial charge in [-0.3, -0.25) is 19.4 Å². The van der Waals surface area contributed by atoms with Crippen molar-refractivity contribution in [3.8, 4) is 5.75 Å². The Kier molecular flexibility index (Phi) is 6.50. The molecule has 4 aromatic rings. The molecule has 9 heteroatoms. The molecule has 2 N–H and O–H groups in total. The van der Waals surface area contributed by atoms with Gasteiger partial charge in [-0.2, -0.15) is 0 Å². The summed E-state index contributed by atoms with van der Waals surface area (Å²) in [5.74, 6) is 0.297. The van der Waals surface area contributed by atoms with Gasteiger partial charge in [0.05, 0.1) is 24.6 Å². The van der Waals surface area contributed by atoms with E-state index in [1.54, 1.807) is 43.2 Å². The molecule has 1 amide bonds. The first-order valence-corrected chi connectivity index (χ1v) is 10.5. The number of hydrogen-bond donors (Lipinski definition) is 2. The molecule has 170 valence electrons. The number of carbonyl (C=O) groups excluding carboxylic acids is 1. The summed E-state index contributed by atoms with van der Waals surface area (Å²) in [4.78, 5) is 30.8. The van der Waals surface area contributed by atoms with Crippen LogP contribution in [-0.4, -0.2) is 47.2 Å². The zero-order chi connectivity index (χ0) is 23.4. The van der Waals surface area contributed by atoms with Crippen LogP contribution in [0.3, 0.4) is 0 Å². The Morgan fingerprint density at radius 2 is 1.94 bits per heavy atom. The predicted molar refractivity (Wildman–Crippen MR) is 124 cm³/mol. The molecule has 9 nitrogen and oxygen atoms in total. The van der Waals surface area contributed by atoms with Gasteiger partial charge in [0.25, 0.3) is 11.5 Å². The molecule has 0 aliphatic heterocycles. The number of rotatable bonds is 8. The summed E-state index contributed by atoms with van der Waals surface area (Å²) in [6.45, 7) is 1.18. The van der Waals surface area contributed by atoms with Crippen molar-refractivity contribution in [2.75, 3.05) is 27.4 Å². The molecule has 4 rings (SSSR count). The molecule has 3 aromatic heterocycles. The van der Waals surface area contributed by atoms with Crippen molar-refractivity contribution in [1.29, 1.82) is 5.41 Å². The van der Waals surface area contributed by atoms with Gasteiger partial charge in [0.2, 0.25) is 0 Å². The van der Waals surface area contributed by atoms with Crippen LogP contribution in [0.1, 0.15) is 22.3 Å². The summed E-state index contributed by atoms with van der Waals surface area (Å²) < 4.78 is 13.3. The van der Waals surface area contributed by atoms with Crippen molar-refractivity contribution in [2.24, 2.45) is 0 Å². The summed E-state index contributed by atoms with van der Waals surface area (Å²) in [7, 11) is 3.19. The number of nitrogens with zero attached hydrogens (tertiary/aromatic N) is 3. The van der Waals surface area contributed by atoms with Crippen LogP contribution in [0.5, 0.6) is 5.75 Å². The number of carbonyl (C=O) groups is 1. The number of aromatic nitrogens is 3. The van der Waals surface area contributed by atoms with Crippen molar-refractivity contribution in [1.82, 2.24) is 19.3 Å². The van der Waals surface area contributed by atoms with Crippen LogP contribution >= 0.6 is 0 Å². The first-order chi connectivity index (χ1) is 16.0. The van der Waals surface area contributed by atoms with E-state index in [1.807, 2.05) is 24.3 Å². The lowest BCUT2D eigenvalue weighted by Crippen LogP contribution is -2.35. The molecule has 0 saturated heterocycles. The molecule has 33 heavy (non-hydrogen) atoms. The van der Waals surface area contributed by atoms with Crippen molar-refractivity contribution in [3.63, 3.8) is 0 Å². The largest absolute Gasteiger partial charge is 0.497 e. The van der Waals surface area contributed by atoms with Crippen LogP contribution in [-0.2, 0) is 11.3 Å². The second-order valence-corrected chi connectivity index (χ2v) is 7.53. The smallest absolute Gasteiger partial charge is 0.267 e. The van der Waals surface area contributed by atoms with Crippen LogP contribution in [0.25, 0.3) is 16.7 Å². The molecule has 0 aliphatic rings. The lowest BCUT2D eigenvalue weighted by atomic mass is 10.1. The Bertz CT molecular complexity index is 1420. The molecular formula is C24H25N5O4.